The first-order valence-corrected chi connectivity index (χ1v) is 7.73. The molecule has 0 bridgehead atoms. The Hall–Kier alpha value is -1.89. The fraction of sp³-hybridized carbons (Fsp3) is 0.125. The third-order valence-electron chi connectivity index (χ3n) is 3.83. The van der Waals surface area contributed by atoms with Gasteiger partial charge in [0.25, 0.3) is 0 Å². The van der Waals surface area contributed by atoms with E-state index in [9.17, 15) is 0 Å². The summed E-state index contributed by atoms with van der Waals surface area (Å²) in [6.07, 6.45) is 0. The number of rotatable bonds is 0. The molecule has 104 valence electrons. The molecule has 1 aromatic heterocycles. The normalized spacial score (nSPS) is 13.0. The topological polar surface area (TPSA) is 34.0 Å². The van der Waals surface area contributed by atoms with Crippen molar-refractivity contribution in [3.05, 3.63) is 54.1 Å². The van der Waals surface area contributed by atoms with Crippen LogP contribution in [0.3, 0.4) is 0 Å². The predicted molar refractivity (Wildman–Crippen MR) is 92.1 cm³/mol. The molecule has 4 nitrogen and oxygen atoms in total. The summed E-state index contributed by atoms with van der Waals surface area (Å²) in [4.78, 5) is 0. The van der Waals surface area contributed by atoms with E-state index >= 15 is 0 Å². The van der Waals surface area contributed by atoms with Gasteiger partial charge in [-0.25, -0.2) is 4.68 Å². The van der Waals surface area contributed by atoms with E-state index in [-0.39, 0.29) is 0 Å². The molecular weight excluding hydrogens is 375 g/mol. The van der Waals surface area contributed by atoms with E-state index in [1.54, 1.807) is 0 Å². The second kappa shape index (κ2) is 4.84. The van der Waals surface area contributed by atoms with Crippen molar-refractivity contribution in [1.82, 2.24) is 15.0 Å². The summed E-state index contributed by atoms with van der Waals surface area (Å²) in [6.45, 7) is 0.859. The van der Waals surface area contributed by atoms with Crippen molar-refractivity contribution in [1.29, 1.82) is 0 Å². The van der Waals surface area contributed by atoms with Gasteiger partial charge in [-0.3, -0.25) is 0 Å². The fourth-order valence-electron chi connectivity index (χ4n) is 2.85. The van der Waals surface area contributed by atoms with Gasteiger partial charge < -0.3 is 3.11 Å². The van der Waals surface area contributed by atoms with Crippen LogP contribution in [-0.2, 0) is 13.6 Å². The first-order valence-electron chi connectivity index (χ1n) is 6.76. The minimum absolute atomic E-state index is 0.859. The Morgan fingerprint density at radius 2 is 1.71 bits per heavy atom. The van der Waals surface area contributed by atoms with Gasteiger partial charge in [0.15, 0.2) is 0 Å². The van der Waals surface area contributed by atoms with Gasteiger partial charge in [-0.1, -0.05) is 47.7 Å². The van der Waals surface area contributed by atoms with Crippen LogP contribution in [-0.4, -0.2) is 15.0 Å². The molecule has 21 heavy (non-hydrogen) atoms. The number of benzene rings is 2. The zero-order chi connectivity index (χ0) is 14.4. The zero-order valence-electron chi connectivity index (χ0n) is 11.5. The lowest BCUT2D eigenvalue weighted by Gasteiger charge is -2.24. The van der Waals surface area contributed by atoms with Gasteiger partial charge >= 0.3 is 0 Å². The molecule has 0 amide bonds. The molecule has 0 N–H and O–H groups in total. The van der Waals surface area contributed by atoms with E-state index in [2.05, 4.69) is 84.8 Å². The molecule has 5 heteroatoms. The summed E-state index contributed by atoms with van der Waals surface area (Å²) >= 11 is 2.37. The largest absolute Gasteiger partial charge is 0.310 e. The second-order valence-electron chi connectivity index (χ2n) is 5.10. The molecule has 0 spiro atoms. The molecule has 0 aliphatic carbocycles. The Morgan fingerprint density at radius 3 is 2.57 bits per heavy atom. The van der Waals surface area contributed by atoms with Crippen LogP contribution in [0.15, 0.2) is 48.5 Å². The Kier molecular flexibility index (Phi) is 2.95. The molecular formula is C16H13IN4. The van der Waals surface area contributed by atoms with Crippen LogP contribution in [0.4, 0.5) is 5.69 Å². The highest BCUT2D eigenvalue weighted by Crippen LogP contribution is 2.41. The van der Waals surface area contributed by atoms with Crippen LogP contribution in [0.1, 0.15) is 5.56 Å². The van der Waals surface area contributed by atoms with Crippen molar-refractivity contribution in [2.24, 2.45) is 7.05 Å². The van der Waals surface area contributed by atoms with E-state index in [0.29, 0.717) is 0 Å². The smallest absolute Gasteiger partial charge is 0.123 e. The lowest BCUT2D eigenvalue weighted by Crippen LogP contribution is -2.13. The van der Waals surface area contributed by atoms with Crippen molar-refractivity contribution >= 4 is 28.6 Å². The number of hydrogen-bond acceptors (Lipinski definition) is 3. The maximum absolute atomic E-state index is 4.42. The van der Waals surface area contributed by atoms with E-state index < -0.39 is 0 Å². The van der Waals surface area contributed by atoms with Gasteiger partial charge in [-0.15, -0.1) is 5.10 Å². The number of halogens is 1. The minimum Gasteiger partial charge on any atom is -0.310 e. The van der Waals surface area contributed by atoms with Crippen molar-refractivity contribution in [3.63, 3.8) is 0 Å². The average Bonchev–Trinajstić information content (AvgIpc) is 2.88. The van der Waals surface area contributed by atoms with Gasteiger partial charge in [0.1, 0.15) is 5.69 Å². The third-order valence-corrected chi connectivity index (χ3v) is 4.69. The maximum atomic E-state index is 4.42. The van der Waals surface area contributed by atoms with Gasteiger partial charge in [0, 0.05) is 18.2 Å². The van der Waals surface area contributed by atoms with E-state index in [1.807, 2.05) is 11.7 Å². The Bertz CT molecular complexity index is 825. The Balaban J connectivity index is 2.11. The van der Waals surface area contributed by atoms with Crippen molar-refractivity contribution in [3.8, 4) is 22.5 Å². The SMILES string of the molecule is Cn1nnc2c1-c1ccccc1CN(I)c1ccccc1-2. The first-order chi connectivity index (χ1) is 10.3. The summed E-state index contributed by atoms with van der Waals surface area (Å²) in [5.74, 6) is 0. The molecule has 0 radical (unpaired) electrons. The van der Waals surface area contributed by atoms with Gasteiger partial charge in [-0.2, -0.15) is 0 Å². The summed E-state index contributed by atoms with van der Waals surface area (Å²) in [6, 6.07) is 16.8. The van der Waals surface area contributed by atoms with Crippen LogP contribution in [0.5, 0.6) is 0 Å². The molecule has 0 fully saturated rings. The fourth-order valence-corrected chi connectivity index (χ4v) is 3.64. The van der Waals surface area contributed by atoms with Crippen LogP contribution in [0, 0.1) is 0 Å². The summed E-state index contributed by atoms with van der Waals surface area (Å²) in [5.41, 5.74) is 6.83. The molecule has 1 aliphatic heterocycles. The quantitative estimate of drug-likeness (QED) is 0.434. The molecule has 0 unspecified atom stereocenters. The number of anilines is 1. The van der Waals surface area contributed by atoms with E-state index in [1.165, 1.54) is 16.8 Å². The lowest BCUT2D eigenvalue weighted by atomic mass is 9.97. The molecule has 1 aliphatic rings. The van der Waals surface area contributed by atoms with Crippen LogP contribution in [0.25, 0.3) is 22.5 Å². The Labute approximate surface area is 136 Å². The van der Waals surface area contributed by atoms with Crippen LogP contribution < -0.4 is 3.11 Å². The summed E-state index contributed by atoms with van der Waals surface area (Å²) in [5, 5.41) is 8.67. The minimum atomic E-state index is 0.859. The average molecular weight is 388 g/mol. The highest BCUT2D eigenvalue weighted by Gasteiger charge is 2.24. The second-order valence-corrected chi connectivity index (χ2v) is 6.27. The molecule has 0 saturated heterocycles. The zero-order valence-corrected chi connectivity index (χ0v) is 13.7. The number of fused-ring (bicyclic) bond motifs is 5. The number of nitrogens with zero attached hydrogens (tertiary/aromatic N) is 4. The number of aromatic nitrogens is 3. The highest BCUT2D eigenvalue weighted by atomic mass is 127. The van der Waals surface area contributed by atoms with Crippen molar-refractivity contribution in [2.45, 2.75) is 6.54 Å². The lowest BCUT2D eigenvalue weighted by molar-refractivity contribution is 0.720. The maximum Gasteiger partial charge on any atom is 0.123 e. The number of aryl methyl sites for hydroxylation is 1. The Morgan fingerprint density at radius 1 is 1.00 bits per heavy atom. The molecule has 2 aromatic carbocycles. The first kappa shape index (κ1) is 12.8. The third kappa shape index (κ3) is 1.95. The van der Waals surface area contributed by atoms with Crippen LogP contribution >= 0.6 is 22.9 Å². The van der Waals surface area contributed by atoms with E-state index in [0.717, 1.165) is 23.5 Å². The highest BCUT2D eigenvalue weighted by molar-refractivity contribution is 14.1. The molecule has 4 rings (SSSR count). The van der Waals surface area contributed by atoms with Crippen molar-refractivity contribution in [2.75, 3.05) is 3.11 Å². The molecule has 3 aromatic rings. The molecule has 0 saturated carbocycles. The van der Waals surface area contributed by atoms with Gasteiger partial charge in [0.2, 0.25) is 0 Å². The standard InChI is InChI=1S/C16H13IN4/c1-20-16-12-7-3-2-6-11(12)10-21(17)14-9-5-4-8-13(14)15(16)18-19-20/h2-9H,10H2,1H3. The van der Waals surface area contributed by atoms with Crippen LogP contribution in [0.2, 0.25) is 0 Å². The van der Waals surface area contributed by atoms with Crippen molar-refractivity contribution < 1.29 is 0 Å². The number of para-hydroxylation sites is 1. The van der Waals surface area contributed by atoms with Gasteiger partial charge in [-0.05, 0) is 11.6 Å². The van der Waals surface area contributed by atoms with Gasteiger partial charge in [0.05, 0.1) is 40.8 Å². The molecule has 2 heterocycles. The monoisotopic (exact) mass is 388 g/mol. The molecule has 0 atom stereocenters. The van der Waals surface area contributed by atoms with E-state index in [4.69, 9.17) is 0 Å². The number of hydrogen-bond donors (Lipinski definition) is 0. The summed E-state index contributed by atoms with van der Waals surface area (Å²) < 4.78 is 4.11. The predicted octanol–water partition coefficient (Wildman–Crippen LogP) is 3.82. The summed E-state index contributed by atoms with van der Waals surface area (Å²) in [7, 11) is 1.95.